The first-order valence-electron chi connectivity index (χ1n) is 9.40. The van der Waals surface area contributed by atoms with Crippen molar-refractivity contribution in [3.63, 3.8) is 0 Å². The first-order chi connectivity index (χ1) is 12.1. The third-order valence-corrected chi connectivity index (χ3v) is 6.23. The van der Waals surface area contributed by atoms with Crippen LogP contribution in [-0.2, 0) is 16.1 Å². The van der Waals surface area contributed by atoms with Crippen LogP contribution in [0.4, 0.5) is 4.39 Å². The third-order valence-electron chi connectivity index (χ3n) is 6.23. The van der Waals surface area contributed by atoms with Crippen molar-refractivity contribution in [1.29, 1.82) is 0 Å². The summed E-state index contributed by atoms with van der Waals surface area (Å²) < 4.78 is 13.1. The summed E-state index contributed by atoms with van der Waals surface area (Å²) in [5.74, 6) is 0.369. The molecule has 4 nitrogen and oxygen atoms in total. The Morgan fingerprint density at radius 2 is 1.88 bits per heavy atom. The van der Waals surface area contributed by atoms with Gasteiger partial charge in [-0.25, -0.2) is 4.39 Å². The molecule has 0 unspecified atom stereocenters. The minimum Gasteiger partial charge on any atom is -0.341 e. The minimum absolute atomic E-state index is 0.173. The molecule has 2 amide bonds. The molecule has 1 aromatic carbocycles. The Kier molecular flexibility index (Phi) is 4.26. The number of nitrogens with zero attached hydrogens (tertiary/aromatic N) is 2. The van der Waals surface area contributed by atoms with Gasteiger partial charge in [-0.15, -0.1) is 0 Å². The van der Waals surface area contributed by atoms with E-state index < -0.39 is 5.41 Å². The molecule has 3 fully saturated rings. The number of benzene rings is 1. The number of piperidine rings is 1. The Labute approximate surface area is 148 Å². The van der Waals surface area contributed by atoms with Crippen LogP contribution >= 0.6 is 0 Å². The predicted octanol–water partition coefficient (Wildman–Crippen LogP) is 2.97. The second-order valence-electron chi connectivity index (χ2n) is 7.87. The highest BCUT2D eigenvalue weighted by atomic mass is 19.1. The lowest BCUT2D eigenvalue weighted by Crippen LogP contribution is -2.50. The van der Waals surface area contributed by atoms with Crippen LogP contribution in [0, 0.1) is 17.2 Å². The van der Waals surface area contributed by atoms with E-state index in [0.717, 1.165) is 50.6 Å². The lowest BCUT2D eigenvalue weighted by atomic mass is 9.78. The second-order valence-corrected chi connectivity index (χ2v) is 7.87. The molecule has 4 rings (SSSR count). The fourth-order valence-electron chi connectivity index (χ4n) is 4.47. The highest BCUT2D eigenvalue weighted by Gasteiger charge is 2.50. The summed E-state index contributed by atoms with van der Waals surface area (Å²) in [6.07, 6.45) is 5.79. The molecule has 1 atom stereocenters. The van der Waals surface area contributed by atoms with Gasteiger partial charge < -0.3 is 9.80 Å². The van der Waals surface area contributed by atoms with Crippen molar-refractivity contribution >= 4 is 11.8 Å². The Balaban J connectivity index is 1.44. The number of amides is 2. The van der Waals surface area contributed by atoms with E-state index in [0.29, 0.717) is 19.6 Å². The molecule has 1 aliphatic carbocycles. The smallest absolute Gasteiger partial charge is 0.230 e. The molecule has 25 heavy (non-hydrogen) atoms. The van der Waals surface area contributed by atoms with Gasteiger partial charge >= 0.3 is 0 Å². The SMILES string of the molecule is O=C(C1CCC1)N1CC[C@]2(CCCN(Cc3ccc(F)cc3)C2=O)C1. The summed E-state index contributed by atoms with van der Waals surface area (Å²) in [5.41, 5.74) is 0.560. The highest BCUT2D eigenvalue weighted by molar-refractivity contribution is 5.86. The number of hydrogen-bond acceptors (Lipinski definition) is 2. The van der Waals surface area contributed by atoms with Crippen LogP contribution in [-0.4, -0.2) is 41.2 Å². The van der Waals surface area contributed by atoms with Crippen LogP contribution in [0.15, 0.2) is 24.3 Å². The highest BCUT2D eigenvalue weighted by Crippen LogP contribution is 2.42. The molecule has 0 aromatic heterocycles. The molecule has 1 aromatic rings. The van der Waals surface area contributed by atoms with Crippen LogP contribution in [0.3, 0.4) is 0 Å². The normalized spacial score (nSPS) is 27.0. The average molecular weight is 344 g/mol. The average Bonchev–Trinajstić information content (AvgIpc) is 2.98. The summed E-state index contributed by atoms with van der Waals surface area (Å²) in [7, 11) is 0. The number of likely N-dealkylation sites (tertiary alicyclic amines) is 2. The zero-order chi connectivity index (χ0) is 17.4. The Bertz CT molecular complexity index is 671. The topological polar surface area (TPSA) is 40.6 Å². The maximum Gasteiger partial charge on any atom is 0.230 e. The van der Waals surface area contributed by atoms with Gasteiger partial charge in [0.05, 0.1) is 5.41 Å². The largest absolute Gasteiger partial charge is 0.341 e. The molecule has 0 radical (unpaired) electrons. The van der Waals surface area contributed by atoms with E-state index in [4.69, 9.17) is 0 Å². The van der Waals surface area contributed by atoms with Crippen molar-refractivity contribution in [3.8, 4) is 0 Å². The summed E-state index contributed by atoms with van der Waals surface area (Å²) >= 11 is 0. The second kappa shape index (κ2) is 6.43. The van der Waals surface area contributed by atoms with E-state index in [9.17, 15) is 14.0 Å². The molecule has 5 heteroatoms. The number of halogens is 1. The van der Waals surface area contributed by atoms with Gasteiger partial charge in [0, 0.05) is 32.1 Å². The fourth-order valence-corrected chi connectivity index (χ4v) is 4.47. The standard InChI is InChI=1S/C20H25FN2O2/c21-17-7-5-15(6-8-17)13-22-11-2-9-20(19(22)25)10-12-23(14-20)18(24)16-3-1-4-16/h5-8,16H,1-4,9-14H2/t20-/m1/s1. The van der Waals surface area contributed by atoms with Gasteiger partial charge in [0.2, 0.25) is 11.8 Å². The molecular weight excluding hydrogens is 319 g/mol. The summed E-state index contributed by atoms with van der Waals surface area (Å²) in [6.45, 7) is 2.57. The lowest BCUT2D eigenvalue weighted by Gasteiger charge is -2.39. The van der Waals surface area contributed by atoms with E-state index in [1.165, 1.54) is 12.1 Å². The molecule has 134 valence electrons. The van der Waals surface area contributed by atoms with Gasteiger partial charge in [0.25, 0.3) is 0 Å². The zero-order valence-corrected chi connectivity index (χ0v) is 14.5. The van der Waals surface area contributed by atoms with Gasteiger partial charge in [-0.2, -0.15) is 0 Å². The molecule has 1 saturated carbocycles. The predicted molar refractivity (Wildman–Crippen MR) is 92.0 cm³/mol. The monoisotopic (exact) mass is 344 g/mol. The van der Waals surface area contributed by atoms with E-state index in [1.54, 1.807) is 12.1 Å². The molecule has 1 spiro atoms. The zero-order valence-electron chi connectivity index (χ0n) is 14.5. The fraction of sp³-hybridized carbons (Fsp3) is 0.600. The molecule has 2 saturated heterocycles. The maximum atomic E-state index is 13.2. The van der Waals surface area contributed by atoms with Gasteiger partial charge in [0.1, 0.15) is 5.82 Å². The van der Waals surface area contributed by atoms with Crippen LogP contribution in [0.1, 0.15) is 44.1 Å². The van der Waals surface area contributed by atoms with Crippen molar-refractivity contribution in [2.75, 3.05) is 19.6 Å². The van der Waals surface area contributed by atoms with Crippen LogP contribution < -0.4 is 0 Å². The maximum absolute atomic E-state index is 13.2. The molecule has 0 bridgehead atoms. The molecule has 3 aliphatic rings. The molecule has 2 aliphatic heterocycles. The minimum atomic E-state index is -0.391. The summed E-state index contributed by atoms with van der Waals surface area (Å²) in [4.78, 5) is 29.5. The quantitative estimate of drug-likeness (QED) is 0.846. The van der Waals surface area contributed by atoms with Crippen molar-refractivity contribution in [2.45, 2.75) is 45.1 Å². The van der Waals surface area contributed by atoms with Crippen molar-refractivity contribution in [1.82, 2.24) is 9.80 Å². The molecular formula is C20H25FN2O2. The molecule has 2 heterocycles. The van der Waals surface area contributed by atoms with E-state index >= 15 is 0 Å². The summed E-state index contributed by atoms with van der Waals surface area (Å²) in [6, 6.07) is 6.36. The van der Waals surface area contributed by atoms with Gasteiger partial charge in [0.15, 0.2) is 0 Å². The Hall–Kier alpha value is -1.91. The van der Waals surface area contributed by atoms with Crippen molar-refractivity contribution in [3.05, 3.63) is 35.6 Å². The van der Waals surface area contributed by atoms with Gasteiger partial charge in [-0.1, -0.05) is 18.6 Å². The van der Waals surface area contributed by atoms with E-state index in [1.807, 2.05) is 9.80 Å². The number of carbonyl (C=O) groups is 2. The summed E-state index contributed by atoms with van der Waals surface area (Å²) in [5, 5.41) is 0. The van der Waals surface area contributed by atoms with E-state index in [-0.39, 0.29) is 23.5 Å². The lowest BCUT2D eigenvalue weighted by molar-refractivity contribution is -0.147. The first-order valence-corrected chi connectivity index (χ1v) is 9.40. The van der Waals surface area contributed by atoms with Gasteiger partial charge in [-0.3, -0.25) is 9.59 Å². The van der Waals surface area contributed by atoms with Crippen LogP contribution in [0.2, 0.25) is 0 Å². The Morgan fingerprint density at radius 1 is 1.12 bits per heavy atom. The van der Waals surface area contributed by atoms with E-state index in [2.05, 4.69) is 0 Å². The molecule has 0 N–H and O–H groups in total. The van der Waals surface area contributed by atoms with Crippen molar-refractivity contribution < 1.29 is 14.0 Å². The number of rotatable bonds is 3. The number of carbonyl (C=O) groups excluding carboxylic acids is 2. The van der Waals surface area contributed by atoms with Crippen LogP contribution in [0.5, 0.6) is 0 Å². The van der Waals surface area contributed by atoms with Crippen LogP contribution in [0.25, 0.3) is 0 Å². The first kappa shape index (κ1) is 16.6. The van der Waals surface area contributed by atoms with Crippen molar-refractivity contribution in [2.24, 2.45) is 11.3 Å². The number of hydrogen-bond donors (Lipinski definition) is 0. The van der Waals surface area contributed by atoms with Gasteiger partial charge in [-0.05, 0) is 49.8 Å². The third kappa shape index (κ3) is 3.05. The Morgan fingerprint density at radius 3 is 2.56 bits per heavy atom.